The van der Waals surface area contributed by atoms with Gasteiger partial charge >= 0.3 is 0 Å². The quantitative estimate of drug-likeness (QED) is 0.720. The lowest BCUT2D eigenvalue weighted by atomic mass is 10.1. The van der Waals surface area contributed by atoms with Crippen LogP contribution in [-0.4, -0.2) is 0 Å². The molecule has 1 aromatic heterocycles. The minimum absolute atomic E-state index is 0.437. The van der Waals surface area contributed by atoms with Crippen molar-refractivity contribution >= 4 is 34.7 Å². The highest BCUT2D eigenvalue weighted by atomic mass is 35.5. The monoisotopic (exact) mass is 222 g/mol. The predicted molar refractivity (Wildman–Crippen MR) is 61.5 cm³/mol. The summed E-state index contributed by atoms with van der Waals surface area (Å²) in [4.78, 5) is 0. The molecule has 0 saturated carbocycles. The van der Waals surface area contributed by atoms with E-state index < -0.39 is 0 Å². The number of fused-ring (bicyclic) bond motifs is 1. The second-order valence-electron chi connectivity index (χ2n) is 3.02. The van der Waals surface area contributed by atoms with Crippen molar-refractivity contribution in [3.8, 4) is 0 Å². The van der Waals surface area contributed by atoms with Gasteiger partial charge in [-0.3, -0.25) is 0 Å². The van der Waals surface area contributed by atoms with Gasteiger partial charge in [0, 0.05) is 28.1 Å². The van der Waals surface area contributed by atoms with E-state index in [1.165, 1.54) is 6.08 Å². The van der Waals surface area contributed by atoms with Crippen LogP contribution in [0.5, 0.6) is 0 Å². The fraction of sp³-hybridized carbons (Fsp3) is 0. The fourth-order valence-corrected chi connectivity index (χ4v) is 1.66. The third-order valence-electron chi connectivity index (χ3n) is 2.14. The van der Waals surface area contributed by atoms with Crippen LogP contribution in [0.1, 0.15) is 11.3 Å². The Morgan fingerprint density at radius 3 is 2.87 bits per heavy atom. The normalized spacial score (nSPS) is 11.3. The van der Waals surface area contributed by atoms with Crippen molar-refractivity contribution < 1.29 is 8.81 Å². The molecule has 0 aliphatic carbocycles. The van der Waals surface area contributed by atoms with Gasteiger partial charge in [0.15, 0.2) is 0 Å². The Hall–Kier alpha value is -1.54. The lowest BCUT2D eigenvalue weighted by molar-refractivity contribution is 0.600. The predicted octanol–water partition coefficient (Wildman–Crippen LogP) is 4.67. The van der Waals surface area contributed by atoms with E-state index in [0.29, 0.717) is 22.7 Å². The summed E-state index contributed by atoms with van der Waals surface area (Å²) in [5.41, 5.74) is 1.40. The highest BCUT2D eigenvalue weighted by Crippen LogP contribution is 2.29. The summed E-state index contributed by atoms with van der Waals surface area (Å²) >= 11 is 5.82. The van der Waals surface area contributed by atoms with Gasteiger partial charge in [0.2, 0.25) is 0 Å². The van der Waals surface area contributed by atoms with Crippen LogP contribution in [0, 0.1) is 0 Å². The molecular formula is C12H8ClFO. The van der Waals surface area contributed by atoms with Crippen LogP contribution in [-0.2, 0) is 0 Å². The van der Waals surface area contributed by atoms with E-state index >= 15 is 0 Å². The summed E-state index contributed by atoms with van der Waals surface area (Å²) in [7, 11) is 0. The van der Waals surface area contributed by atoms with Crippen molar-refractivity contribution in [1.82, 2.24) is 0 Å². The van der Waals surface area contributed by atoms with E-state index in [1.807, 2.05) is 6.07 Å². The second kappa shape index (κ2) is 3.91. The van der Waals surface area contributed by atoms with Gasteiger partial charge < -0.3 is 4.42 Å². The zero-order valence-corrected chi connectivity index (χ0v) is 8.59. The maximum atomic E-state index is 12.1. The third-order valence-corrected chi connectivity index (χ3v) is 2.37. The molecule has 3 heteroatoms. The van der Waals surface area contributed by atoms with E-state index in [0.717, 1.165) is 10.9 Å². The van der Waals surface area contributed by atoms with Crippen LogP contribution in [0.4, 0.5) is 4.39 Å². The molecule has 2 aromatic rings. The van der Waals surface area contributed by atoms with E-state index in [2.05, 4.69) is 6.58 Å². The molecule has 0 bridgehead atoms. The summed E-state index contributed by atoms with van der Waals surface area (Å²) in [6.45, 7) is 3.67. The van der Waals surface area contributed by atoms with Gasteiger partial charge in [0.25, 0.3) is 0 Å². The minimum Gasteiger partial charge on any atom is -0.456 e. The van der Waals surface area contributed by atoms with Crippen LogP contribution in [0.2, 0.25) is 5.02 Å². The Kier molecular flexibility index (Phi) is 2.60. The topological polar surface area (TPSA) is 13.1 Å². The molecule has 0 radical (unpaired) electrons. The molecular weight excluding hydrogens is 215 g/mol. The summed E-state index contributed by atoms with van der Waals surface area (Å²) in [6, 6.07) is 5.28. The van der Waals surface area contributed by atoms with E-state index in [4.69, 9.17) is 16.0 Å². The first-order chi connectivity index (χ1) is 7.26. The average Bonchev–Trinajstić information content (AvgIpc) is 2.54. The Morgan fingerprint density at radius 2 is 2.20 bits per heavy atom. The molecule has 1 aromatic carbocycles. The largest absolute Gasteiger partial charge is 0.456 e. The van der Waals surface area contributed by atoms with Crippen LogP contribution in [0.3, 0.4) is 0 Å². The maximum Gasteiger partial charge on any atom is 0.137 e. The number of rotatable bonds is 2. The van der Waals surface area contributed by atoms with Gasteiger partial charge in [0.1, 0.15) is 11.3 Å². The smallest absolute Gasteiger partial charge is 0.137 e. The summed E-state index contributed by atoms with van der Waals surface area (Å²) in [5.74, 6) is 0.449. The first-order valence-electron chi connectivity index (χ1n) is 4.37. The second-order valence-corrected chi connectivity index (χ2v) is 3.45. The van der Waals surface area contributed by atoms with Crippen LogP contribution in [0.25, 0.3) is 23.1 Å². The number of halogens is 2. The zero-order chi connectivity index (χ0) is 10.8. The first kappa shape index (κ1) is 9.99. The molecule has 0 aliphatic heterocycles. The zero-order valence-electron chi connectivity index (χ0n) is 7.84. The summed E-state index contributed by atoms with van der Waals surface area (Å²) in [6.07, 6.45) is 3.33. The first-order valence-corrected chi connectivity index (χ1v) is 4.75. The van der Waals surface area contributed by atoms with Crippen LogP contribution >= 0.6 is 11.6 Å². The molecule has 0 amide bonds. The number of hydrogen-bond acceptors (Lipinski definition) is 1. The van der Waals surface area contributed by atoms with Gasteiger partial charge in [-0.2, -0.15) is 0 Å². The third kappa shape index (κ3) is 1.68. The summed E-state index contributed by atoms with van der Waals surface area (Å²) < 4.78 is 17.5. The molecule has 0 aliphatic rings. The minimum atomic E-state index is 0.437. The van der Waals surface area contributed by atoms with E-state index in [-0.39, 0.29) is 0 Å². The van der Waals surface area contributed by atoms with Gasteiger partial charge in [-0.05, 0) is 12.1 Å². The van der Waals surface area contributed by atoms with Crippen molar-refractivity contribution in [2.75, 3.05) is 0 Å². The Labute approximate surface area is 91.5 Å². The lowest BCUT2D eigenvalue weighted by Crippen LogP contribution is -1.71. The standard InChI is InChI=1S/C12H8ClFO/c1-2-9-10-4-3-8(13)7-12(10)15-11(9)5-6-14/h2-7H,1H2/b6-5+. The molecule has 0 atom stereocenters. The van der Waals surface area contributed by atoms with Crippen LogP contribution < -0.4 is 0 Å². The molecule has 0 spiro atoms. The number of furan rings is 1. The van der Waals surface area contributed by atoms with Gasteiger partial charge in [0.05, 0.1) is 6.33 Å². The summed E-state index contributed by atoms with van der Waals surface area (Å²) in [5, 5.41) is 1.46. The van der Waals surface area contributed by atoms with E-state index in [9.17, 15) is 4.39 Å². The van der Waals surface area contributed by atoms with Crippen molar-refractivity contribution in [3.05, 3.63) is 47.5 Å². The SMILES string of the molecule is C=Cc1c(/C=C/F)oc2cc(Cl)ccc12. The van der Waals surface area contributed by atoms with Gasteiger partial charge in [-0.25, -0.2) is 4.39 Å². The Morgan fingerprint density at radius 1 is 1.40 bits per heavy atom. The highest BCUT2D eigenvalue weighted by molar-refractivity contribution is 6.31. The average molecular weight is 223 g/mol. The Balaban J connectivity index is 2.78. The number of benzene rings is 1. The molecule has 15 heavy (non-hydrogen) atoms. The Bertz CT molecular complexity index is 540. The van der Waals surface area contributed by atoms with Gasteiger partial charge in [-0.15, -0.1) is 0 Å². The molecule has 0 unspecified atom stereocenters. The molecule has 1 heterocycles. The molecule has 0 saturated heterocycles. The van der Waals surface area contributed by atoms with Gasteiger partial charge in [-0.1, -0.05) is 24.3 Å². The molecule has 1 nitrogen and oxygen atoms in total. The fourth-order valence-electron chi connectivity index (χ4n) is 1.50. The lowest BCUT2D eigenvalue weighted by Gasteiger charge is -1.90. The van der Waals surface area contributed by atoms with Crippen molar-refractivity contribution in [2.45, 2.75) is 0 Å². The van der Waals surface area contributed by atoms with E-state index in [1.54, 1.807) is 18.2 Å². The number of hydrogen-bond donors (Lipinski definition) is 0. The molecule has 0 N–H and O–H groups in total. The van der Waals surface area contributed by atoms with Crippen molar-refractivity contribution in [1.29, 1.82) is 0 Å². The maximum absolute atomic E-state index is 12.1. The van der Waals surface area contributed by atoms with Crippen molar-refractivity contribution in [2.24, 2.45) is 0 Å². The highest BCUT2D eigenvalue weighted by Gasteiger charge is 2.09. The van der Waals surface area contributed by atoms with Crippen LogP contribution in [0.15, 0.2) is 35.5 Å². The van der Waals surface area contributed by atoms with Crippen molar-refractivity contribution in [3.63, 3.8) is 0 Å². The molecule has 2 rings (SSSR count). The molecule has 0 fully saturated rings. The molecule has 76 valence electrons.